The van der Waals surface area contributed by atoms with Crippen LogP contribution in [0.2, 0.25) is 0 Å². The molecule has 24 heavy (non-hydrogen) atoms. The first kappa shape index (κ1) is 17.1. The minimum atomic E-state index is -0.445. The molecule has 7 heteroatoms. The largest absolute Gasteiger partial charge is 0.365 e. The number of hydrogen-bond donors (Lipinski definition) is 3. The second kappa shape index (κ2) is 7.04. The summed E-state index contributed by atoms with van der Waals surface area (Å²) < 4.78 is 0. The maximum atomic E-state index is 12.4. The lowest BCUT2D eigenvalue weighted by molar-refractivity contribution is -0.884. The predicted molar refractivity (Wildman–Crippen MR) is 98.0 cm³/mol. The molecule has 3 rings (SSSR count). The Hall–Kier alpha value is -1.70. The first-order valence-corrected chi connectivity index (χ1v) is 9.73. The van der Waals surface area contributed by atoms with Crippen molar-refractivity contribution in [1.29, 1.82) is 0 Å². The van der Waals surface area contributed by atoms with Crippen LogP contribution in [0.4, 0.5) is 5.00 Å². The molecular formula is C17H22N3O2S2+. The minimum Gasteiger partial charge on any atom is -0.365 e. The van der Waals surface area contributed by atoms with E-state index >= 15 is 0 Å². The van der Waals surface area contributed by atoms with E-state index in [2.05, 4.69) is 23.7 Å². The van der Waals surface area contributed by atoms with Crippen molar-refractivity contribution < 1.29 is 14.5 Å². The lowest BCUT2D eigenvalue weighted by Gasteiger charge is -2.13. The van der Waals surface area contributed by atoms with Crippen LogP contribution in [-0.4, -0.2) is 25.4 Å². The van der Waals surface area contributed by atoms with Crippen molar-refractivity contribution >= 4 is 39.5 Å². The van der Waals surface area contributed by atoms with Crippen molar-refractivity contribution in [1.82, 2.24) is 0 Å². The quantitative estimate of drug-likeness (QED) is 0.724. The fourth-order valence-corrected chi connectivity index (χ4v) is 5.45. The van der Waals surface area contributed by atoms with Crippen molar-refractivity contribution in [3.05, 3.63) is 37.9 Å². The number of nitrogens with one attached hydrogen (secondary N) is 2. The van der Waals surface area contributed by atoms with Gasteiger partial charge in [-0.15, -0.1) is 22.7 Å². The Morgan fingerprint density at radius 1 is 1.38 bits per heavy atom. The number of primary amides is 1. The van der Waals surface area contributed by atoms with Crippen molar-refractivity contribution in [2.75, 3.05) is 18.9 Å². The SMILES string of the molecule is Cc1ccsc1C[NH+](C)CC(=O)Nc1sc2c(c1C(N)=O)CCC2. The zero-order valence-corrected chi connectivity index (χ0v) is 15.5. The van der Waals surface area contributed by atoms with Crippen LogP contribution in [0, 0.1) is 6.92 Å². The Balaban J connectivity index is 1.65. The highest BCUT2D eigenvalue weighted by molar-refractivity contribution is 7.17. The number of amides is 2. The Morgan fingerprint density at radius 2 is 2.17 bits per heavy atom. The molecule has 0 saturated heterocycles. The van der Waals surface area contributed by atoms with Gasteiger partial charge in [0.1, 0.15) is 11.5 Å². The van der Waals surface area contributed by atoms with E-state index in [-0.39, 0.29) is 5.91 Å². The van der Waals surface area contributed by atoms with Gasteiger partial charge in [-0.05, 0) is 48.8 Å². The molecule has 5 nitrogen and oxygen atoms in total. The van der Waals surface area contributed by atoms with Crippen molar-refractivity contribution in [3.63, 3.8) is 0 Å². The fourth-order valence-electron chi connectivity index (χ4n) is 3.12. The summed E-state index contributed by atoms with van der Waals surface area (Å²) in [6, 6.07) is 2.10. The molecule has 2 aromatic heterocycles. The van der Waals surface area contributed by atoms with E-state index in [0.29, 0.717) is 17.1 Å². The molecule has 1 aliphatic rings. The van der Waals surface area contributed by atoms with Gasteiger partial charge >= 0.3 is 0 Å². The molecule has 2 heterocycles. The number of rotatable bonds is 6. The number of nitrogens with two attached hydrogens (primary N) is 1. The summed E-state index contributed by atoms with van der Waals surface area (Å²) in [7, 11) is 2.00. The molecule has 1 atom stereocenters. The molecule has 0 spiro atoms. The summed E-state index contributed by atoms with van der Waals surface area (Å²) in [4.78, 5) is 27.7. The van der Waals surface area contributed by atoms with Crippen LogP contribution in [0.1, 0.15) is 37.7 Å². The van der Waals surface area contributed by atoms with E-state index in [1.807, 2.05) is 7.05 Å². The summed E-state index contributed by atoms with van der Waals surface area (Å²) in [5.41, 5.74) is 8.36. The molecule has 2 aromatic rings. The number of thiophene rings is 2. The third-order valence-corrected chi connectivity index (χ3v) is 6.54. The Kier molecular flexibility index (Phi) is 5.03. The normalized spacial score (nSPS) is 14.4. The molecular weight excluding hydrogens is 342 g/mol. The smallest absolute Gasteiger partial charge is 0.280 e. The number of anilines is 1. The third kappa shape index (κ3) is 3.53. The minimum absolute atomic E-state index is 0.0795. The second-order valence-corrected chi connectivity index (χ2v) is 8.42. The van der Waals surface area contributed by atoms with Gasteiger partial charge in [0.25, 0.3) is 11.8 Å². The maximum absolute atomic E-state index is 12.4. The van der Waals surface area contributed by atoms with Gasteiger partial charge in [-0.2, -0.15) is 0 Å². The topological polar surface area (TPSA) is 76.6 Å². The van der Waals surface area contributed by atoms with Gasteiger partial charge in [0.2, 0.25) is 0 Å². The molecule has 0 aliphatic heterocycles. The number of fused-ring (bicyclic) bond motifs is 1. The highest BCUT2D eigenvalue weighted by Crippen LogP contribution is 2.38. The molecule has 128 valence electrons. The van der Waals surface area contributed by atoms with Crippen LogP contribution in [0.5, 0.6) is 0 Å². The summed E-state index contributed by atoms with van der Waals surface area (Å²) in [6.07, 6.45) is 2.91. The molecule has 4 N–H and O–H groups in total. The average molecular weight is 365 g/mol. The lowest BCUT2D eigenvalue weighted by atomic mass is 10.1. The van der Waals surface area contributed by atoms with Crippen LogP contribution >= 0.6 is 22.7 Å². The number of carbonyl (C=O) groups is 2. The summed E-state index contributed by atoms with van der Waals surface area (Å²) in [6.45, 7) is 3.27. The fraction of sp³-hybridized carbons (Fsp3) is 0.412. The summed E-state index contributed by atoms with van der Waals surface area (Å²) >= 11 is 3.22. The van der Waals surface area contributed by atoms with E-state index < -0.39 is 5.91 Å². The molecule has 0 bridgehead atoms. The van der Waals surface area contributed by atoms with Crippen LogP contribution in [0.3, 0.4) is 0 Å². The molecule has 0 radical (unpaired) electrons. The highest BCUT2D eigenvalue weighted by atomic mass is 32.1. The monoisotopic (exact) mass is 364 g/mol. The molecule has 0 aromatic carbocycles. The first-order chi connectivity index (χ1) is 11.5. The number of aryl methyl sites for hydroxylation is 2. The zero-order chi connectivity index (χ0) is 17.3. The van der Waals surface area contributed by atoms with Gasteiger partial charge < -0.3 is 16.0 Å². The van der Waals surface area contributed by atoms with Crippen LogP contribution in [-0.2, 0) is 24.2 Å². The van der Waals surface area contributed by atoms with E-state index in [0.717, 1.165) is 36.3 Å². The molecule has 1 unspecified atom stereocenters. The Bertz CT molecular complexity index is 779. The van der Waals surface area contributed by atoms with E-state index in [1.54, 1.807) is 11.3 Å². The van der Waals surface area contributed by atoms with Crippen LogP contribution < -0.4 is 16.0 Å². The molecule has 0 fully saturated rings. The molecule has 2 amide bonds. The van der Waals surface area contributed by atoms with Crippen molar-refractivity contribution in [2.45, 2.75) is 32.7 Å². The second-order valence-electron chi connectivity index (χ2n) is 6.31. The third-order valence-electron chi connectivity index (χ3n) is 4.31. The van der Waals surface area contributed by atoms with Crippen molar-refractivity contribution in [2.24, 2.45) is 5.73 Å². The summed E-state index contributed by atoms with van der Waals surface area (Å²) in [5.74, 6) is -0.524. The van der Waals surface area contributed by atoms with Gasteiger partial charge in [0, 0.05) is 4.88 Å². The van der Waals surface area contributed by atoms with Gasteiger partial charge in [0.15, 0.2) is 6.54 Å². The maximum Gasteiger partial charge on any atom is 0.280 e. The number of likely N-dealkylation sites (N-methyl/N-ethyl adjacent to an activating group) is 1. The van der Waals surface area contributed by atoms with E-state index in [9.17, 15) is 9.59 Å². The van der Waals surface area contributed by atoms with Gasteiger partial charge in [-0.1, -0.05) is 0 Å². The predicted octanol–water partition coefficient (Wildman–Crippen LogP) is 1.36. The first-order valence-electron chi connectivity index (χ1n) is 8.04. The Morgan fingerprint density at radius 3 is 2.83 bits per heavy atom. The average Bonchev–Trinajstić information content (AvgIpc) is 3.15. The van der Waals surface area contributed by atoms with Gasteiger partial charge in [-0.3, -0.25) is 9.59 Å². The summed E-state index contributed by atoms with van der Waals surface area (Å²) in [5, 5.41) is 5.60. The van der Waals surface area contributed by atoms with E-state index in [1.165, 1.54) is 26.7 Å². The van der Waals surface area contributed by atoms with Crippen LogP contribution in [0.15, 0.2) is 11.4 Å². The Labute approximate surface area is 149 Å². The lowest BCUT2D eigenvalue weighted by Crippen LogP contribution is -3.08. The van der Waals surface area contributed by atoms with E-state index in [4.69, 9.17) is 5.73 Å². The number of carbonyl (C=O) groups excluding carboxylic acids is 2. The number of quaternary nitrogens is 1. The highest BCUT2D eigenvalue weighted by Gasteiger charge is 2.26. The molecule has 0 saturated carbocycles. The van der Waals surface area contributed by atoms with Gasteiger partial charge in [0.05, 0.1) is 17.5 Å². The molecule has 1 aliphatic carbocycles. The van der Waals surface area contributed by atoms with Crippen LogP contribution in [0.25, 0.3) is 0 Å². The zero-order valence-electron chi connectivity index (χ0n) is 13.9. The van der Waals surface area contributed by atoms with Crippen molar-refractivity contribution in [3.8, 4) is 0 Å². The van der Waals surface area contributed by atoms with Gasteiger partial charge in [-0.25, -0.2) is 0 Å². The number of hydrogen-bond acceptors (Lipinski definition) is 4. The standard InChI is InChI=1S/C17H21N3O2S2/c1-10-6-7-23-13(10)8-20(2)9-14(21)19-17-15(16(18)22)11-4-3-5-12(11)24-17/h6-7H,3-5,8-9H2,1-2H3,(H2,18,22)(H,19,21)/p+1.